The molecule has 0 fully saturated rings. The zero-order chi connectivity index (χ0) is 12.7. The van der Waals surface area contributed by atoms with Crippen LogP contribution in [-0.2, 0) is 12.8 Å². The van der Waals surface area contributed by atoms with Gasteiger partial charge >= 0.3 is 0 Å². The highest BCUT2D eigenvalue weighted by molar-refractivity contribution is 9.10. The Labute approximate surface area is 116 Å². The Hall–Kier alpha value is -1.12. The molecule has 1 N–H and O–H groups in total. The van der Waals surface area contributed by atoms with Crippen LogP contribution in [0.2, 0.25) is 0 Å². The number of aryl methyl sites for hydroxylation is 3. The van der Waals surface area contributed by atoms with Gasteiger partial charge in [0.05, 0.1) is 0 Å². The summed E-state index contributed by atoms with van der Waals surface area (Å²) in [4.78, 5) is 0. The summed E-state index contributed by atoms with van der Waals surface area (Å²) in [5.74, 6) is 0. The third kappa shape index (κ3) is 2.00. The Kier molecular flexibility index (Phi) is 3.00. The smallest absolute Gasteiger partial charge is 0.104 e. The third-order valence-electron chi connectivity index (χ3n) is 3.75. The highest BCUT2D eigenvalue weighted by atomic mass is 79.9. The van der Waals surface area contributed by atoms with Gasteiger partial charge in [0.1, 0.15) is 6.10 Å². The van der Waals surface area contributed by atoms with Gasteiger partial charge in [0.2, 0.25) is 0 Å². The average molecular weight is 303 g/mol. The van der Waals surface area contributed by atoms with E-state index < -0.39 is 6.10 Å². The summed E-state index contributed by atoms with van der Waals surface area (Å²) in [6.45, 7) is 2.03. The maximum absolute atomic E-state index is 10.5. The fourth-order valence-electron chi connectivity index (χ4n) is 2.47. The number of fused-ring (bicyclic) bond motifs is 1. The monoisotopic (exact) mass is 302 g/mol. The number of halogens is 1. The molecule has 1 aliphatic carbocycles. The molecule has 18 heavy (non-hydrogen) atoms. The first kappa shape index (κ1) is 11.9. The van der Waals surface area contributed by atoms with Gasteiger partial charge in [-0.15, -0.1) is 0 Å². The molecule has 2 aromatic carbocycles. The van der Waals surface area contributed by atoms with Crippen molar-refractivity contribution in [2.24, 2.45) is 0 Å². The lowest BCUT2D eigenvalue weighted by molar-refractivity contribution is 0.219. The van der Waals surface area contributed by atoms with Crippen LogP contribution >= 0.6 is 15.9 Å². The summed E-state index contributed by atoms with van der Waals surface area (Å²) in [6.07, 6.45) is 1.79. The maximum atomic E-state index is 10.5. The second kappa shape index (κ2) is 4.52. The number of hydrogen-bond donors (Lipinski definition) is 1. The highest BCUT2D eigenvalue weighted by Crippen LogP contribution is 2.31. The molecular weight excluding hydrogens is 288 g/mol. The molecule has 1 atom stereocenters. The van der Waals surface area contributed by atoms with Crippen LogP contribution in [0, 0.1) is 6.92 Å². The quantitative estimate of drug-likeness (QED) is 0.891. The minimum absolute atomic E-state index is 0.534. The van der Waals surface area contributed by atoms with E-state index in [1.54, 1.807) is 0 Å². The Morgan fingerprint density at radius 2 is 1.83 bits per heavy atom. The third-order valence-corrected chi connectivity index (χ3v) is 4.24. The number of aliphatic hydroxyl groups is 1. The molecule has 3 rings (SSSR count). The van der Waals surface area contributed by atoms with Crippen molar-refractivity contribution in [3.8, 4) is 0 Å². The fourth-order valence-corrected chi connectivity index (χ4v) is 2.85. The fraction of sp³-hybridized carbons (Fsp3) is 0.250. The van der Waals surface area contributed by atoms with Crippen LogP contribution in [0.25, 0.3) is 0 Å². The van der Waals surface area contributed by atoms with Crippen molar-refractivity contribution in [1.29, 1.82) is 0 Å². The lowest BCUT2D eigenvalue weighted by Crippen LogP contribution is -2.10. The lowest BCUT2D eigenvalue weighted by Gasteiger charge is -2.22. The predicted molar refractivity (Wildman–Crippen MR) is 76.8 cm³/mol. The van der Waals surface area contributed by atoms with Gasteiger partial charge in [-0.1, -0.05) is 40.2 Å². The highest BCUT2D eigenvalue weighted by Gasteiger charge is 2.18. The van der Waals surface area contributed by atoms with Crippen molar-refractivity contribution in [2.45, 2.75) is 25.9 Å². The Morgan fingerprint density at radius 3 is 2.50 bits per heavy atom. The first-order valence-electron chi connectivity index (χ1n) is 6.21. The van der Waals surface area contributed by atoms with E-state index in [1.165, 1.54) is 17.5 Å². The molecule has 0 radical (unpaired) electrons. The van der Waals surface area contributed by atoms with Gasteiger partial charge in [-0.2, -0.15) is 0 Å². The van der Waals surface area contributed by atoms with Crippen molar-refractivity contribution in [2.75, 3.05) is 0 Å². The number of hydrogen-bond acceptors (Lipinski definition) is 1. The van der Waals surface area contributed by atoms with Gasteiger partial charge in [0, 0.05) is 4.47 Å². The summed E-state index contributed by atoms with van der Waals surface area (Å²) in [5.41, 5.74) is 5.91. The van der Waals surface area contributed by atoms with Crippen molar-refractivity contribution in [1.82, 2.24) is 0 Å². The van der Waals surface area contributed by atoms with Crippen molar-refractivity contribution in [3.05, 3.63) is 68.7 Å². The molecule has 92 valence electrons. The van der Waals surface area contributed by atoms with E-state index in [0.717, 1.165) is 27.6 Å². The van der Waals surface area contributed by atoms with Gasteiger partial charge in [0.15, 0.2) is 0 Å². The van der Waals surface area contributed by atoms with E-state index >= 15 is 0 Å². The van der Waals surface area contributed by atoms with Gasteiger partial charge in [-0.25, -0.2) is 0 Å². The molecule has 0 heterocycles. The van der Waals surface area contributed by atoms with Crippen molar-refractivity contribution >= 4 is 15.9 Å². The molecule has 0 saturated carbocycles. The first-order chi connectivity index (χ1) is 8.65. The summed E-state index contributed by atoms with van der Waals surface area (Å²) < 4.78 is 1.01. The van der Waals surface area contributed by atoms with E-state index in [9.17, 15) is 5.11 Å². The minimum Gasteiger partial charge on any atom is -0.384 e. The van der Waals surface area contributed by atoms with Crippen molar-refractivity contribution < 1.29 is 5.11 Å². The molecule has 0 aromatic heterocycles. The largest absolute Gasteiger partial charge is 0.384 e. The number of benzene rings is 2. The molecule has 0 aliphatic heterocycles. The first-order valence-corrected chi connectivity index (χ1v) is 7.00. The van der Waals surface area contributed by atoms with E-state index in [-0.39, 0.29) is 0 Å². The van der Waals surface area contributed by atoms with Crippen LogP contribution in [-0.4, -0.2) is 5.11 Å². The summed E-state index contributed by atoms with van der Waals surface area (Å²) in [6, 6.07) is 12.4. The topological polar surface area (TPSA) is 20.2 Å². The van der Waals surface area contributed by atoms with Crippen LogP contribution in [0.5, 0.6) is 0 Å². The summed E-state index contributed by atoms with van der Waals surface area (Å²) >= 11 is 3.46. The average Bonchev–Trinajstić information content (AvgIpc) is 2.33. The van der Waals surface area contributed by atoms with Gasteiger partial charge in [0.25, 0.3) is 0 Å². The molecule has 0 bridgehead atoms. The molecule has 0 amide bonds. The maximum Gasteiger partial charge on any atom is 0.104 e. The lowest BCUT2D eigenvalue weighted by atomic mass is 9.85. The normalized spacial score (nSPS) is 14.8. The Morgan fingerprint density at radius 1 is 1.06 bits per heavy atom. The Bertz CT molecular complexity index is 604. The van der Waals surface area contributed by atoms with E-state index in [1.807, 2.05) is 31.2 Å². The summed E-state index contributed by atoms with van der Waals surface area (Å²) in [5, 5.41) is 10.5. The second-order valence-corrected chi connectivity index (χ2v) is 5.85. The van der Waals surface area contributed by atoms with Crippen molar-refractivity contribution in [3.63, 3.8) is 0 Å². The van der Waals surface area contributed by atoms with E-state index in [2.05, 4.69) is 28.1 Å². The number of aliphatic hydroxyl groups excluding tert-OH is 1. The molecule has 2 heteroatoms. The van der Waals surface area contributed by atoms with Crippen LogP contribution in [0.1, 0.15) is 33.9 Å². The molecule has 1 unspecified atom stereocenters. The zero-order valence-electron chi connectivity index (χ0n) is 10.3. The standard InChI is InChI=1S/C16H15BrO/c1-10-2-7-14(17)9-15(10)16(18)13-6-4-11-3-5-12(11)8-13/h2,4,6-9,16,18H,3,5H2,1H3. The zero-order valence-corrected chi connectivity index (χ0v) is 11.9. The molecule has 2 aromatic rings. The molecule has 1 aliphatic rings. The molecular formula is C16H15BrO. The van der Waals surface area contributed by atoms with Gasteiger partial charge in [-0.05, 0) is 59.7 Å². The van der Waals surface area contributed by atoms with Crippen LogP contribution in [0.3, 0.4) is 0 Å². The predicted octanol–water partition coefficient (Wildman–Crippen LogP) is 3.94. The van der Waals surface area contributed by atoms with Gasteiger partial charge in [-0.3, -0.25) is 0 Å². The Balaban J connectivity index is 2.00. The number of rotatable bonds is 2. The van der Waals surface area contributed by atoms with E-state index in [4.69, 9.17) is 0 Å². The van der Waals surface area contributed by atoms with Crippen LogP contribution in [0.4, 0.5) is 0 Å². The van der Waals surface area contributed by atoms with Crippen LogP contribution in [0.15, 0.2) is 40.9 Å². The summed E-state index contributed by atoms with van der Waals surface area (Å²) in [7, 11) is 0. The molecule has 0 saturated heterocycles. The molecule has 0 spiro atoms. The minimum atomic E-state index is -0.534. The SMILES string of the molecule is Cc1ccc(Br)cc1C(O)c1ccc2c(c1)CC2. The molecule has 1 nitrogen and oxygen atoms in total. The van der Waals surface area contributed by atoms with Gasteiger partial charge < -0.3 is 5.11 Å². The van der Waals surface area contributed by atoms with Crippen LogP contribution < -0.4 is 0 Å². The second-order valence-electron chi connectivity index (χ2n) is 4.93. The van der Waals surface area contributed by atoms with E-state index in [0.29, 0.717) is 0 Å².